The van der Waals surface area contributed by atoms with Crippen molar-refractivity contribution in [1.29, 1.82) is 0 Å². The molecule has 0 aliphatic heterocycles. The number of nitrogens with two attached hydrogens (primary N) is 2. The monoisotopic (exact) mass is 206 g/mol. The van der Waals surface area contributed by atoms with Crippen molar-refractivity contribution in [2.45, 2.75) is 38.8 Å². The van der Waals surface area contributed by atoms with E-state index in [2.05, 4.69) is 24.5 Å². The molecule has 0 fully saturated rings. The SMILES string of the molecule is CC[C@H](CO)[NH2+]CC[NH2+][C@H](CC)CO. The van der Waals surface area contributed by atoms with E-state index in [1.807, 2.05) is 0 Å². The smallest absolute Gasteiger partial charge is 0.126 e. The van der Waals surface area contributed by atoms with E-state index >= 15 is 0 Å². The molecule has 2 atom stereocenters. The molecule has 0 aromatic rings. The Morgan fingerprint density at radius 2 is 1.21 bits per heavy atom. The van der Waals surface area contributed by atoms with Crippen molar-refractivity contribution in [2.24, 2.45) is 0 Å². The van der Waals surface area contributed by atoms with Crippen LogP contribution in [-0.2, 0) is 0 Å². The van der Waals surface area contributed by atoms with Crippen LogP contribution in [0.15, 0.2) is 0 Å². The number of hydrogen-bond acceptors (Lipinski definition) is 2. The number of hydrogen-bond donors (Lipinski definition) is 4. The normalized spacial score (nSPS) is 15.4. The van der Waals surface area contributed by atoms with Crippen LogP contribution in [-0.4, -0.2) is 48.6 Å². The van der Waals surface area contributed by atoms with Gasteiger partial charge in [-0.1, -0.05) is 13.8 Å². The minimum absolute atomic E-state index is 0.258. The average molecular weight is 206 g/mol. The zero-order valence-corrected chi connectivity index (χ0v) is 9.45. The molecule has 0 amide bonds. The Kier molecular flexibility index (Phi) is 9.29. The van der Waals surface area contributed by atoms with Gasteiger partial charge < -0.3 is 20.8 Å². The van der Waals surface area contributed by atoms with Crippen molar-refractivity contribution in [1.82, 2.24) is 0 Å². The number of rotatable bonds is 9. The fourth-order valence-electron chi connectivity index (χ4n) is 1.40. The molecule has 0 aromatic heterocycles. The van der Waals surface area contributed by atoms with E-state index in [4.69, 9.17) is 10.2 Å². The molecule has 0 radical (unpaired) electrons. The molecule has 14 heavy (non-hydrogen) atoms. The predicted octanol–water partition coefficient (Wildman–Crippen LogP) is -2.34. The molecule has 0 aliphatic rings. The van der Waals surface area contributed by atoms with Crippen LogP contribution in [0.2, 0.25) is 0 Å². The molecule has 0 aliphatic carbocycles. The van der Waals surface area contributed by atoms with Gasteiger partial charge in [0.25, 0.3) is 0 Å². The molecule has 0 saturated carbocycles. The largest absolute Gasteiger partial charge is 0.390 e. The summed E-state index contributed by atoms with van der Waals surface area (Å²) in [6.45, 7) is 6.71. The first-order chi connectivity index (χ1) is 6.78. The third kappa shape index (κ3) is 6.32. The van der Waals surface area contributed by atoms with E-state index in [0.717, 1.165) is 25.9 Å². The van der Waals surface area contributed by atoms with Gasteiger partial charge >= 0.3 is 0 Å². The predicted molar refractivity (Wildman–Crippen MR) is 55.9 cm³/mol. The van der Waals surface area contributed by atoms with E-state index in [1.54, 1.807) is 0 Å². The first-order valence-corrected chi connectivity index (χ1v) is 5.66. The zero-order chi connectivity index (χ0) is 10.8. The summed E-state index contributed by atoms with van der Waals surface area (Å²) in [7, 11) is 0. The number of aliphatic hydroxyl groups excluding tert-OH is 2. The van der Waals surface area contributed by atoms with Crippen LogP contribution in [0.3, 0.4) is 0 Å². The van der Waals surface area contributed by atoms with Crippen molar-refractivity contribution in [3.05, 3.63) is 0 Å². The van der Waals surface area contributed by atoms with Crippen molar-refractivity contribution < 1.29 is 20.8 Å². The first kappa shape index (κ1) is 13.8. The van der Waals surface area contributed by atoms with Gasteiger partial charge in [-0.25, -0.2) is 0 Å². The van der Waals surface area contributed by atoms with Crippen molar-refractivity contribution in [2.75, 3.05) is 26.3 Å². The van der Waals surface area contributed by atoms with Gasteiger partial charge in [0, 0.05) is 0 Å². The van der Waals surface area contributed by atoms with Crippen LogP contribution in [0.5, 0.6) is 0 Å². The topological polar surface area (TPSA) is 73.7 Å². The van der Waals surface area contributed by atoms with Gasteiger partial charge in [-0.3, -0.25) is 0 Å². The molecule has 0 spiro atoms. The summed E-state index contributed by atoms with van der Waals surface area (Å²) in [5, 5.41) is 22.3. The number of aliphatic hydroxyl groups is 2. The Bertz CT molecular complexity index is 101. The summed E-state index contributed by atoms with van der Waals surface area (Å²) in [5.41, 5.74) is 0. The van der Waals surface area contributed by atoms with Gasteiger partial charge in [-0.15, -0.1) is 0 Å². The second kappa shape index (κ2) is 9.40. The van der Waals surface area contributed by atoms with E-state index in [1.165, 1.54) is 0 Å². The fraction of sp³-hybridized carbons (Fsp3) is 1.00. The second-order valence-corrected chi connectivity index (χ2v) is 3.75. The fourth-order valence-corrected chi connectivity index (χ4v) is 1.40. The lowest BCUT2D eigenvalue weighted by molar-refractivity contribution is -0.755. The Balaban J connectivity index is 3.35. The van der Waals surface area contributed by atoms with Crippen molar-refractivity contribution in [3.8, 4) is 0 Å². The molecule has 0 unspecified atom stereocenters. The van der Waals surface area contributed by atoms with Crippen LogP contribution in [0, 0.1) is 0 Å². The average Bonchev–Trinajstić information content (AvgIpc) is 2.24. The molecule has 0 bridgehead atoms. The highest BCUT2D eigenvalue weighted by molar-refractivity contribution is 4.46. The van der Waals surface area contributed by atoms with E-state index in [9.17, 15) is 0 Å². The summed E-state index contributed by atoms with van der Waals surface area (Å²) in [6, 6.07) is 0.690. The third-order valence-electron chi connectivity index (χ3n) is 2.68. The lowest BCUT2D eigenvalue weighted by Crippen LogP contribution is -3.00. The maximum Gasteiger partial charge on any atom is 0.126 e. The Morgan fingerprint density at radius 3 is 1.43 bits per heavy atom. The molecule has 0 saturated heterocycles. The van der Waals surface area contributed by atoms with Crippen LogP contribution in [0.25, 0.3) is 0 Å². The van der Waals surface area contributed by atoms with Gasteiger partial charge in [0.15, 0.2) is 0 Å². The minimum Gasteiger partial charge on any atom is -0.390 e. The molecule has 0 rings (SSSR count). The van der Waals surface area contributed by atoms with Gasteiger partial charge in [-0.05, 0) is 12.8 Å². The van der Waals surface area contributed by atoms with Crippen LogP contribution >= 0.6 is 0 Å². The summed E-state index contributed by atoms with van der Waals surface area (Å²) >= 11 is 0. The maximum absolute atomic E-state index is 8.95. The molecule has 4 heteroatoms. The number of quaternary nitrogens is 2. The molecular weight excluding hydrogens is 180 g/mol. The highest BCUT2D eigenvalue weighted by atomic mass is 16.3. The van der Waals surface area contributed by atoms with Crippen LogP contribution in [0.4, 0.5) is 0 Å². The Morgan fingerprint density at radius 1 is 0.857 bits per heavy atom. The highest BCUT2D eigenvalue weighted by Crippen LogP contribution is 1.80. The molecule has 86 valence electrons. The van der Waals surface area contributed by atoms with Gasteiger partial charge in [0.05, 0.1) is 13.2 Å². The Hall–Kier alpha value is -0.160. The van der Waals surface area contributed by atoms with Crippen molar-refractivity contribution >= 4 is 0 Å². The van der Waals surface area contributed by atoms with E-state index in [-0.39, 0.29) is 13.2 Å². The van der Waals surface area contributed by atoms with Gasteiger partial charge in [-0.2, -0.15) is 0 Å². The van der Waals surface area contributed by atoms with Crippen molar-refractivity contribution in [3.63, 3.8) is 0 Å². The molecular formula is C10H26N2O2+2. The zero-order valence-electron chi connectivity index (χ0n) is 9.45. The molecule has 6 N–H and O–H groups in total. The first-order valence-electron chi connectivity index (χ1n) is 5.66. The van der Waals surface area contributed by atoms with E-state index in [0.29, 0.717) is 12.1 Å². The lowest BCUT2D eigenvalue weighted by Gasteiger charge is -2.12. The van der Waals surface area contributed by atoms with E-state index < -0.39 is 0 Å². The Labute approximate surface area is 86.7 Å². The third-order valence-corrected chi connectivity index (χ3v) is 2.68. The maximum atomic E-state index is 8.95. The standard InChI is InChI=1S/C10H24N2O2/c1-3-9(7-13)11-5-6-12-10(4-2)8-14/h9-14H,3-8H2,1-2H3/p+2/t9-,10-/m1/s1. The second-order valence-electron chi connectivity index (χ2n) is 3.75. The highest BCUT2D eigenvalue weighted by Gasteiger charge is 2.09. The van der Waals surface area contributed by atoms with Gasteiger partial charge in [0.2, 0.25) is 0 Å². The molecule has 0 aromatic carbocycles. The molecule has 4 nitrogen and oxygen atoms in total. The van der Waals surface area contributed by atoms with Crippen LogP contribution < -0.4 is 10.6 Å². The lowest BCUT2D eigenvalue weighted by atomic mass is 10.2. The van der Waals surface area contributed by atoms with Gasteiger partial charge in [0.1, 0.15) is 25.2 Å². The van der Waals surface area contributed by atoms with Crippen LogP contribution in [0.1, 0.15) is 26.7 Å². The minimum atomic E-state index is 0.258. The summed E-state index contributed by atoms with van der Waals surface area (Å²) in [4.78, 5) is 0. The summed E-state index contributed by atoms with van der Waals surface area (Å²) in [6.07, 6.45) is 2.02. The molecule has 0 heterocycles. The summed E-state index contributed by atoms with van der Waals surface area (Å²) < 4.78 is 0. The quantitative estimate of drug-likeness (QED) is 0.319. The summed E-state index contributed by atoms with van der Waals surface area (Å²) in [5.74, 6) is 0.